The van der Waals surface area contributed by atoms with Crippen molar-refractivity contribution in [3.63, 3.8) is 0 Å². The number of rotatable bonds is 4. The van der Waals surface area contributed by atoms with Crippen LogP contribution in [-0.4, -0.2) is 22.2 Å². The monoisotopic (exact) mass is 483 g/mol. The Hall–Kier alpha value is -4.34. The Morgan fingerprint density at radius 2 is 1.57 bits per heavy atom. The molecule has 0 aliphatic carbocycles. The summed E-state index contributed by atoms with van der Waals surface area (Å²) in [5, 5.41) is 8.15. The SMILES string of the molecule is Cc1cc(-c2nn(C)c(=O)c3ccccc23)cc(C)c1OC(=O)Nc1ccc(OC(F)(F)F)cc1. The molecule has 0 spiro atoms. The second-order valence-electron chi connectivity index (χ2n) is 7.85. The van der Waals surface area contributed by atoms with Crippen molar-refractivity contribution < 1.29 is 27.4 Å². The van der Waals surface area contributed by atoms with E-state index in [0.29, 0.717) is 33.3 Å². The lowest BCUT2D eigenvalue weighted by molar-refractivity contribution is -0.274. The highest BCUT2D eigenvalue weighted by Crippen LogP contribution is 2.32. The summed E-state index contributed by atoms with van der Waals surface area (Å²) in [6.45, 7) is 3.54. The second-order valence-corrected chi connectivity index (χ2v) is 7.85. The summed E-state index contributed by atoms with van der Waals surface area (Å²) in [4.78, 5) is 24.8. The summed E-state index contributed by atoms with van der Waals surface area (Å²) in [5.74, 6) is -0.0735. The summed E-state index contributed by atoms with van der Waals surface area (Å²) in [6.07, 6.45) is -5.61. The lowest BCUT2D eigenvalue weighted by Crippen LogP contribution is -2.20. The average Bonchev–Trinajstić information content (AvgIpc) is 2.79. The number of anilines is 1. The van der Waals surface area contributed by atoms with Gasteiger partial charge in [0.25, 0.3) is 5.56 Å². The summed E-state index contributed by atoms with van der Waals surface area (Å²) in [6, 6.07) is 15.5. The van der Waals surface area contributed by atoms with Crippen molar-refractivity contribution in [2.45, 2.75) is 20.2 Å². The van der Waals surface area contributed by atoms with Gasteiger partial charge in [-0.05, 0) is 67.4 Å². The van der Waals surface area contributed by atoms with Gasteiger partial charge < -0.3 is 9.47 Å². The number of aromatic nitrogens is 2. The van der Waals surface area contributed by atoms with E-state index in [4.69, 9.17) is 4.74 Å². The summed E-state index contributed by atoms with van der Waals surface area (Å²) in [7, 11) is 1.58. The number of benzene rings is 3. The number of amides is 1. The molecule has 3 aromatic carbocycles. The first-order valence-electron chi connectivity index (χ1n) is 10.4. The number of fused-ring (bicyclic) bond motifs is 1. The molecule has 10 heteroatoms. The van der Waals surface area contributed by atoms with Gasteiger partial charge in [-0.25, -0.2) is 9.48 Å². The zero-order valence-electron chi connectivity index (χ0n) is 18.9. The van der Waals surface area contributed by atoms with E-state index in [2.05, 4.69) is 15.2 Å². The minimum absolute atomic E-state index is 0.201. The standard InChI is InChI=1S/C25H20F3N3O4/c1-14-12-16(21-19-6-4-5-7-20(19)23(32)31(3)30-21)13-15(2)22(14)34-24(33)29-17-8-10-18(11-9-17)35-25(26,27)28/h4-13H,1-3H3,(H,29,33). The van der Waals surface area contributed by atoms with Crippen LogP contribution in [0.15, 0.2) is 65.5 Å². The molecule has 0 aliphatic heterocycles. The molecule has 0 fully saturated rings. The van der Waals surface area contributed by atoms with Crippen molar-refractivity contribution in [3.05, 3.63) is 82.1 Å². The van der Waals surface area contributed by atoms with Crippen molar-refractivity contribution in [3.8, 4) is 22.8 Å². The highest BCUT2D eigenvalue weighted by atomic mass is 19.4. The molecule has 0 saturated heterocycles. The lowest BCUT2D eigenvalue weighted by Gasteiger charge is -2.15. The Balaban J connectivity index is 1.56. The molecule has 1 amide bonds. The largest absolute Gasteiger partial charge is 0.573 e. The van der Waals surface area contributed by atoms with Crippen LogP contribution in [0.25, 0.3) is 22.0 Å². The molecular weight excluding hydrogens is 463 g/mol. The Morgan fingerprint density at radius 3 is 2.17 bits per heavy atom. The fourth-order valence-electron chi connectivity index (χ4n) is 3.74. The third-order valence-corrected chi connectivity index (χ3v) is 5.22. The summed E-state index contributed by atoms with van der Waals surface area (Å²) < 4.78 is 47.4. The van der Waals surface area contributed by atoms with E-state index in [-0.39, 0.29) is 11.2 Å². The van der Waals surface area contributed by atoms with Crippen LogP contribution in [0.5, 0.6) is 11.5 Å². The lowest BCUT2D eigenvalue weighted by atomic mass is 10.00. The van der Waals surface area contributed by atoms with Gasteiger partial charge in [-0.15, -0.1) is 13.2 Å². The number of halogens is 3. The number of aryl methyl sites for hydroxylation is 3. The molecule has 0 aliphatic rings. The number of hydrogen-bond donors (Lipinski definition) is 1. The van der Waals surface area contributed by atoms with Crippen molar-refractivity contribution in [1.82, 2.24) is 9.78 Å². The van der Waals surface area contributed by atoms with Crippen molar-refractivity contribution in [2.75, 3.05) is 5.32 Å². The molecule has 1 N–H and O–H groups in total. The van der Waals surface area contributed by atoms with Gasteiger partial charge in [-0.2, -0.15) is 5.10 Å². The quantitative estimate of drug-likeness (QED) is 0.401. The van der Waals surface area contributed by atoms with Crippen LogP contribution < -0.4 is 20.3 Å². The molecule has 4 rings (SSSR count). The first-order chi connectivity index (χ1) is 16.5. The molecule has 4 aromatic rings. The van der Waals surface area contributed by atoms with Crippen LogP contribution in [-0.2, 0) is 7.05 Å². The van der Waals surface area contributed by atoms with Crippen molar-refractivity contribution >= 4 is 22.6 Å². The second kappa shape index (κ2) is 9.13. The first kappa shape index (κ1) is 23.8. The molecule has 180 valence electrons. The number of alkyl halides is 3. The van der Waals surface area contributed by atoms with Crippen LogP contribution >= 0.6 is 0 Å². The van der Waals surface area contributed by atoms with Crippen LogP contribution in [0.4, 0.5) is 23.7 Å². The molecule has 0 radical (unpaired) electrons. The molecule has 0 saturated carbocycles. The molecule has 1 aromatic heterocycles. The predicted molar refractivity (Wildman–Crippen MR) is 125 cm³/mol. The maximum absolute atomic E-state index is 12.4. The zero-order chi connectivity index (χ0) is 25.3. The van der Waals surface area contributed by atoms with E-state index < -0.39 is 18.2 Å². The fraction of sp³-hybridized carbons (Fsp3) is 0.160. The van der Waals surface area contributed by atoms with E-state index >= 15 is 0 Å². The van der Waals surface area contributed by atoms with Gasteiger partial charge in [0, 0.05) is 23.7 Å². The Kier molecular flexibility index (Phi) is 6.21. The Morgan fingerprint density at radius 1 is 0.971 bits per heavy atom. The van der Waals surface area contributed by atoms with Gasteiger partial charge in [0.15, 0.2) is 0 Å². The van der Waals surface area contributed by atoms with E-state index in [1.54, 1.807) is 45.2 Å². The van der Waals surface area contributed by atoms with Gasteiger partial charge in [0.05, 0.1) is 11.1 Å². The number of hydrogen-bond acceptors (Lipinski definition) is 5. The Labute approximate surface area is 197 Å². The third-order valence-electron chi connectivity index (χ3n) is 5.22. The minimum Gasteiger partial charge on any atom is -0.410 e. The molecule has 1 heterocycles. The van der Waals surface area contributed by atoms with Crippen LogP contribution in [0.3, 0.4) is 0 Å². The smallest absolute Gasteiger partial charge is 0.410 e. The van der Waals surface area contributed by atoms with Crippen LogP contribution in [0.2, 0.25) is 0 Å². The molecular formula is C25H20F3N3O4. The van der Waals surface area contributed by atoms with Gasteiger partial charge in [0.2, 0.25) is 0 Å². The number of carbonyl (C=O) groups is 1. The Bertz CT molecular complexity index is 1460. The molecule has 35 heavy (non-hydrogen) atoms. The fourth-order valence-corrected chi connectivity index (χ4v) is 3.74. The van der Waals surface area contributed by atoms with E-state index in [0.717, 1.165) is 17.7 Å². The van der Waals surface area contributed by atoms with Gasteiger partial charge in [-0.1, -0.05) is 18.2 Å². The zero-order valence-corrected chi connectivity index (χ0v) is 18.9. The summed E-state index contributed by atoms with van der Waals surface area (Å²) in [5.41, 5.74) is 2.71. The minimum atomic E-state index is -4.80. The average molecular weight is 483 g/mol. The van der Waals surface area contributed by atoms with Crippen molar-refractivity contribution in [2.24, 2.45) is 7.05 Å². The highest BCUT2D eigenvalue weighted by Gasteiger charge is 2.31. The number of nitrogens with zero attached hydrogens (tertiary/aromatic N) is 2. The number of ether oxygens (including phenoxy) is 2. The molecule has 0 atom stereocenters. The topological polar surface area (TPSA) is 82.5 Å². The van der Waals surface area contributed by atoms with E-state index in [9.17, 15) is 22.8 Å². The number of nitrogens with one attached hydrogen (secondary N) is 1. The molecule has 0 unspecified atom stereocenters. The predicted octanol–water partition coefficient (Wildman–Crippen LogP) is 5.73. The molecule has 7 nitrogen and oxygen atoms in total. The van der Waals surface area contributed by atoms with Crippen molar-refractivity contribution in [1.29, 1.82) is 0 Å². The van der Waals surface area contributed by atoms with E-state index in [1.165, 1.54) is 16.8 Å². The van der Waals surface area contributed by atoms with Gasteiger partial charge >= 0.3 is 12.5 Å². The van der Waals surface area contributed by atoms with Gasteiger partial charge in [0.1, 0.15) is 11.5 Å². The van der Waals surface area contributed by atoms with E-state index in [1.807, 2.05) is 12.1 Å². The highest BCUT2D eigenvalue weighted by molar-refractivity contribution is 5.94. The normalized spacial score (nSPS) is 11.4. The molecule has 0 bridgehead atoms. The van der Waals surface area contributed by atoms with Crippen LogP contribution in [0, 0.1) is 13.8 Å². The number of carbonyl (C=O) groups excluding carboxylic acids is 1. The third kappa shape index (κ3) is 5.26. The maximum Gasteiger partial charge on any atom is 0.573 e. The summed E-state index contributed by atoms with van der Waals surface area (Å²) >= 11 is 0. The van der Waals surface area contributed by atoms with Gasteiger partial charge in [-0.3, -0.25) is 10.1 Å². The van der Waals surface area contributed by atoms with Crippen LogP contribution in [0.1, 0.15) is 11.1 Å². The maximum atomic E-state index is 12.4. The first-order valence-corrected chi connectivity index (χ1v) is 10.4.